The van der Waals surface area contributed by atoms with Crippen LogP contribution in [0.3, 0.4) is 0 Å². The fourth-order valence-corrected chi connectivity index (χ4v) is 2.67. The molecule has 4 nitrogen and oxygen atoms in total. The molecular formula is C11H20N2O2. The third-order valence-corrected chi connectivity index (χ3v) is 3.50. The van der Waals surface area contributed by atoms with Crippen LogP contribution in [0, 0.1) is 11.8 Å². The Bertz CT molecular complexity index is 241. The largest absolute Gasteiger partial charge is 0.378 e. The van der Waals surface area contributed by atoms with Crippen LogP contribution in [-0.2, 0) is 9.53 Å². The first kappa shape index (κ1) is 10.9. The van der Waals surface area contributed by atoms with Gasteiger partial charge in [-0.25, -0.2) is 0 Å². The van der Waals surface area contributed by atoms with Crippen molar-refractivity contribution in [3.8, 4) is 0 Å². The standard InChI is InChI=1S/C11H20N2O2/c1-13(2)11(14)8-4-6-15-10-3-5-12-7-9(8)10/h8-10,12H,3-7H2,1-2H3/t8-,9+,10-/m1/s1. The number of hydrogen-bond donors (Lipinski definition) is 1. The summed E-state index contributed by atoms with van der Waals surface area (Å²) in [6, 6.07) is 0. The Balaban J connectivity index is 2.06. The number of nitrogens with zero attached hydrogens (tertiary/aromatic N) is 1. The SMILES string of the molecule is CN(C)C(=O)[C@@H]1CCO[C@@H]2CCNC[C@H]21. The lowest BCUT2D eigenvalue weighted by Crippen LogP contribution is -2.51. The summed E-state index contributed by atoms with van der Waals surface area (Å²) in [5.74, 6) is 0.797. The average molecular weight is 212 g/mol. The molecule has 2 heterocycles. The molecule has 0 radical (unpaired) electrons. The smallest absolute Gasteiger partial charge is 0.225 e. The number of fused-ring (bicyclic) bond motifs is 1. The molecule has 0 saturated carbocycles. The summed E-state index contributed by atoms with van der Waals surface area (Å²) in [4.78, 5) is 13.7. The van der Waals surface area contributed by atoms with Gasteiger partial charge in [0, 0.05) is 39.1 Å². The van der Waals surface area contributed by atoms with Gasteiger partial charge in [-0.2, -0.15) is 0 Å². The molecule has 0 spiro atoms. The molecule has 0 aliphatic carbocycles. The summed E-state index contributed by atoms with van der Waals surface area (Å²) >= 11 is 0. The highest BCUT2D eigenvalue weighted by Crippen LogP contribution is 2.31. The van der Waals surface area contributed by atoms with Crippen molar-refractivity contribution in [2.24, 2.45) is 11.8 Å². The zero-order valence-corrected chi connectivity index (χ0v) is 9.53. The van der Waals surface area contributed by atoms with Gasteiger partial charge < -0.3 is 15.0 Å². The van der Waals surface area contributed by atoms with E-state index in [1.807, 2.05) is 14.1 Å². The van der Waals surface area contributed by atoms with E-state index >= 15 is 0 Å². The van der Waals surface area contributed by atoms with Gasteiger partial charge in [0.1, 0.15) is 0 Å². The minimum atomic E-state index is 0.159. The molecule has 15 heavy (non-hydrogen) atoms. The van der Waals surface area contributed by atoms with Crippen LogP contribution in [0.4, 0.5) is 0 Å². The number of carbonyl (C=O) groups excluding carboxylic acids is 1. The fourth-order valence-electron chi connectivity index (χ4n) is 2.67. The van der Waals surface area contributed by atoms with Crippen molar-refractivity contribution in [1.82, 2.24) is 10.2 Å². The number of ether oxygens (including phenoxy) is 1. The molecule has 0 unspecified atom stereocenters. The summed E-state index contributed by atoms with van der Waals surface area (Å²) in [5.41, 5.74) is 0. The summed E-state index contributed by atoms with van der Waals surface area (Å²) in [7, 11) is 3.67. The van der Waals surface area contributed by atoms with Crippen LogP contribution < -0.4 is 5.32 Å². The molecule has 2 fully saturated rings. The second-order valence-corrected chi connectivity index (χ2v) is 4.69. The highest BCUT2D eigenvalue weighted by molar-refractivity contribution is 5.78. The number of rotatable bonds is 1. The lowest BCUT2D eigenvalue weighted by molar-refractivity contribution is -0.145. The van der Waals surface area contributed by atoms with E-state index in [4.69, 9.17) is 4.74 Å². The zero-order valence-electron chi connectivity index (χ0n) is 9.53. The molecule has 3 atom stereocenters. The molecule has 4 heteroatoms. The van der Waals surface area contributed by atoms with Crippen molar-refractivity contribution >= 4 is 5.91 Å². The minimum absolute atomic E-state index is 0.159. The van der Waals surface area contributed by atoms with E-state index in [1.54, 1.807) is 4.90 Å². The van der Waals surface area contributed by atoms with E-state index in [-0.39, 0.29) is 11.8 Å². The van der Waals surface area contributed by atoms with Crippen LogP contribution in [0.5, 0.6) is 0 Å². The van der Waals surface area contributed by atoms with Crippen molar-refractivity contribution in [3.63, 3.8) is 0 Å². The third kappa shape index (κ3) is 2.16. The van der Waals surface area contributed by atoms with Gasteiger partial charge in [0.15, 0.2) is 0 Å². The first-order valence-corrected chi connectivity index (χ1v) is 5.73. The number of hydrogen-bond acceptors (Lipinski definition) is 3. The Morgan fingerprint density at radius 1 is 1.40 bits per heavy atom. The second kappa shape index (κ2) is 4.49. The Morgan fingerprint density at radius 3 is 2.93 bits per heavy atom. The molecule has 1 N–H and O–H groups in total. The van der Waals surface area contributed by atoms with E-state index in [0.717, 1.165) is 32.5 Å². The molecule has 2 aliphatic rings. The maximum atomic E-state index is 12.0. The maximum Gasteiger partial charge on any atom is 0.225 e. The van der Waals surface area contributed by atoms with E-state index in [2.05, 4.69) is 5.32 Å². The second-order valence-electron chi connectivity index (χ2n) is 4.69. The Kier molecular flexibility index (Phi) is 3.26. The number of piperidine rings is 1. The lowest BCUT2D eigenvalue weighted by Gasteiger charge is -2.41. The molecule has 2 rings (SSSR count). The quantitative estimate of drug-likeness (QED) is 0.670. The molecule has 0 aromatic rings. The van der Waals surface area contributed by atoms with Crippen LogP contribution in [0.1, 0.15) is 12.8 Å². The predicted molar refractivity (Wildman–Crippen MR) is 57.5 cm³/mol. The van der Waals surface area contributed by atoms with E-state index < -0.39 is 0 Å². The van der Waals surface area contributed by atoms with Gasteiger partial charge in [-0.1, -0.05) is 0 Å². The van der Waals surface area contributed by atoms with Gasteiger partial charge >= 0.3 is 0 Å². The topological polar surface area (TPSA) is 41.6 Å². The molecule has 2 aliphatic heterocycles. The van der Waals surface area contributed by atoms with Crippen molar-refractivity contribution in [2.45, 2.75) is 18.9 Å². The van der Waals surface area contributed by atoms with E-state index in [1.165, 1.54) is 0 Å². The van der Waals surface area contributed by atoms with Crippen LogP contribution >= 0.6 is 0 Å². The Hall–Kier alpha value is -0.610. The first-order valence-electron chi connectivity index (χ1n) is 5.73. The molecule has 1 amide bonds. The van der Waals surface area contributed by atoms with Crippen molar-refractivity contribution in [1.29, 1.82) is 0 Å². The number of nitrogens with one attached hydrogen (secondary N) is 1. The highest BCUT2D eigenvalue weighted by Gasteiger charge is 2.39. The average Bonchev–Trinajstić information content (AvgIpc) is 2.27. The van der Waals surface area contributed by atoms with Gasteiger partial charge in [0.2, 0.25) is 5.91 Å². The maximum absolute atomic E-state index is 12.0. The fraction of sp³-hybridized carbons (Fsp3) is 0.909. The van der Waals surface area contributed by atoms with Crippen LogP contribution in [0.2, 0.25) is 0 Å². The van der Waals surface area contributed by atoms with Gasteiger partial charge in [-0.15, -0.1) is 0 Å². The summed E-state index contributed by atoms with van der Waals surface area (Å²) in [6.45, 7) is 2.68. The van der Waals surface area contributed by atoms with Crippen molar-refractivity contribution < 1.29 is 9.53 Å². The number of carbonyl (C=O) groups is 1. The molecule has 86 valence electrons. The molecule has 0 aromatic heterocycles. The normalized spacial score (nSPS) is 35.7. The lowest BCUT2D eigenvalue weighted by atomic mass is 9.79. The Morgan fingerprint density at radius 2 is 2.20 bits per heavy atom. The summed E-state index contributed by atoms with van der Waals surface area (Å²) in [5, 5.41) is 3.36. The molecule has 0 bridgehead atoms. The summed E-state index contributed by atoms with van der Waals surface area (Å²) in [6.07, 6.45) is 2.22. The van der Waals surface area contributed by atoms with Gasteiger partial charge in [0.25, 0.3) is 0 Å². The predicted octanol–water partition coefficient (Wildman–Crippen LogP) is 0.0892. The van der Waals surface area contributed by atoms with Crippen LogP contribution in [0.25, 0.3) is 0 Å². The molecule has 0 aromatic carbocycles. The third-order valence-electron chi connectivity index (χ3n) is 3.50. The Labute approximate surface area is 91.0 Å². The highest BCUT2D eigenvalue weighted by atomic mass is 16.5. The molecular weight excluding hydrogens is 192 g/mol. The zero-order chi connectivity index (χ0) is 10.8. The van der Waals surface area contributed by atoms with Crippen molar-refractivity contribution in [2.75, 3.05) is 33.8 Å². The van der Waals surface area contributed by atoms with Gasteiger partial charge in [-0.3, -0.25) is 4.79 Å². The minimum Gasteiger partial charge on any atom is -0.378 e. The van der Waals surface area contributed by atoms with E-state index in [0.29, 0.717) is 12.0 Å². The first-order chi connectivity index (χ1) is 7.20. The van der Waals surface area contributed by atoms with E-state index in [9.17, 15) is 4.79 Å². The summed E-state index contributed by atoms with van der Waals surface area (Å²) < 4.78 is 5.73. The number of amides is 1. The van der Waals surface area contributed by atoms with Gasteiger partial charge in [0.05, 0.1) is 6.10 Å². The monoisotopic (exact) mass is 212 g/mol. The van der Waals surface area contributed by atoms with Gasteiger partial charge in [-0.05, 0) is 19.4 Å². The molecule has 2 saturated heterocycles. The van der Waals surface area contributed by atoms with Crippen molar-refractivity contribution in [3.05, 3.63) is 0 Å². The van der Waals surface area contributed by atoms with Crippen LogP contribution in [0.15, 0.2) is 0 Å². The van der Waals surface area contributed by atoms with Crippen LogP contribution in [-0.4, -0.2) is 50.7 Å².